The van der Waals surface area contributed by atoms with Crippen molar-refractivity contribution in [2.24, 2.45) is 5.41 Å². The van der Waals surface area contributed by atoms with Crippen LogP contribution < -0.4 is 0 Å². The van der Waals surface area contributed by atoms with Crippen LogP contribution in [0.4, 0.5) is 0 Å². The number of allylic oxidation sites excluding steroid dienone is 3. The zero-order chi connectivity index (χ0) is 22.2. The molecule has 9 heteroatoms. The van der Waals surface area contributed by atoms with Crippen LogP contribution in [0.3, 0.4) is 0 Å². The first-order chi connectivity index (χ1) is 13.7. The highest BCUT2D eigenvalue weighted by Gasteiger charge is 2.54. The first-order valence-electron chi connectivity index (χ1n) is 9.20. The second-order valence-electron chi connectivity index (χ2n) is 6.20. The molecule has 0 unspecified atom stereocenters. The number of rotatable bonds is 9. The lowest BCUT2D eigenvalue weighted by Gasteiger charge is -2.23. The van der Waals surface area contributed by atoms with Crippen LogP contribution >= 0.6 is 0 Å². The van der Waals surface area contributed by atoms with E-state index in [1.54, 1.807) is 20.8 Å². The summed E-state index contributed by atoms with van der Waals surface area (Å²) in [4.78, 5) is 61.9. The molecule has 0 radical (unpaired) electrons. The van der Waals surface area contributed by atoms with E-state index in [-0.39, 0.29) is 49.4 Å². The van der Waals surface area contributed by atoms with E-state index in [1.807, 2.05) is 0 Å². The van der Waals surface area contributed by atoms with Crippen LogP contribution in [0.15, 0.2) is 22.8 Å². The van der Waals surface area contributed by atoms with Gasteiger partial charge in [0.2, 0.25) is 0 Å². The van der Waals surface area contributed by atoms with E-state index in [1.165, 1.54) is 0 Å². The minimum Gasteiger partial charge on any atom is -0.468 e. The number of ketones is 1. The number of Topliss-reactive ketones (excluding diaryl/α,β-unsaturated/α-hetero) is 1. The fourth-order valence-corrected chi connectivity index (χ4v) is 3.09. The molecule has 1 aliphatic rings. The highest BCUT2D eigenvalue weighted by Crippen LogP contribution is 2.45. The van der Waals surface area contributed by atoms with Crippen molar-refractivity contribution < 1.29 is 42.9 Å². The van der Waals surface area contributed by atoms with Crippen LogP contribution in [-0.2, 0) is 42.9 Å². The summed E-state index contributed by atoms with van der Waals surface area (Å²) in [6.07, 6.45) is 0.714. The zero-order valence-electron chi connectivity index (χ0n) is 17.3. The summed E-state index contributed by atoms with van der Waals surface area (Å²) < 4.78 is 19.3. The van der Waals surface area contributed by atoms with E-state index in [4.69, 9.17) is 18.9 Å². The molecule has 1 aliphatic carbocycles. The van der Waals surface area contributed by atoms with E-state index in [0.717, 1.165) is 20.3 Å². The maximum absolute atomic E-state index is 12.5. The Morgan fingerprint density at radius 3 is 1.72 bits per heavy atom. The monoisotopic (exact) mass is 410 g/mol. The summed E-state index contributed by atoms with van der Waals surface area (Å²) in [7, 11) is 2.23. The molecule has 0 aromatic heterocycles. The molecule has 0 spiro atoms. The van der Waals surface area contributed by atoms with Gasteiger partial charge in [-0.2, -0.15) is 0 Å². The summed E-state index contributed by atoms with van der Waals surface area (Å²) in [6.45, 7) is 4.79. The van der Waals surface area contributed by atoms with Crippen molar-refractivity contribution in [2.45, 2.75) is 40.0 Å². The topological polar surface area (TPSA) is 122 Å². The maximum atomic E-state index is 12.5. The smallest absolute Gasteiger partial charge is 0.345 e. The lowest BCUT2D eigenvalue weighted by molar-refractivity contribution is -0.168. The van der Waals surface area contributed by atoms with Crippen molar-refractivity contribution in [1.29, 1.82) is 0 Å². The number of esters is 4. The standard InChI is InChI=1S/C20H26O9/c1-6-15(21)14-11-20(18(24)26-4,19(25)27-5)10-12(14)9-13(16(22)28-7-2)17(23)29-8-3/h9H,6-8,10-11H2,1-5H3. The molecule has 0 heterocycles. The molecule has 0 saturated carbocycles. The van der Waals surface area contributed by atoms with Crippen molar-refractivity contribution in [1.82, 2.24) is 0 Å². The van der Waals surface area contributed by atoms with Gasteiger partial charge in [-0.15, -0.1) is 0 Å². The molecule has 29 heavy (non-hydrogen) atoms. The van der Waals surface area contributed by atoms with Crippen molar-refractivity contribution >= 4 is 29.7 Å². The Balaban J connectivity index is 3.58. The largest absolute Gasteiger partial charge is 0.468 e. The summed E-state index contributed by atoms with van der Waals surface area (Å²) in [5.74, 6) is -3.95. The highest BCUT2D eigenvalue weighted by molar-refractivity contribution is 6.15. The van der Waals surface area contributed by atoms with Gasteiger partial charge in [0.25, 0.3) is 0 Å². The quantitative estimate of drug-likeness (QED) is 0.183. The maximum Gasteiger partial charge on any atom is 0.345 e. The normalized spacial score (nSPS) is 14.7. The van der Waals surface area contributed by atoms with Gasteiger partial charge in [0.15, 0.2) is 11.2 Å². The van der Waals surface area contributed by atoms with Gasteiger partial charge in [0.1, 0.15) is 5.57 Å². The van der Waals surface area contributed by atoms with Crippen molar-refractivity contribution in [3.05, 3.63) is 22.8 Å². The summed E-state index contributed by atoms with van der Waals surface area (Å²) in [5.41, 5.74) is -1.88. The van der Waals surface area contributed by atoms with E-state index in [0.29, 0.717) is 0 Å². The highest BCUT2D eigenvalue weighted by atomic mass is 16.6. The van der Waals surface area contributed by atoms with Crippen molar-refractivity contribution in [3.63, 3.8) is 0 Å². The second kappa shape index (κ2) is 10.5. The SMILES string of the molecule is CCOC(=O)C(=CC1=C(C(=O)CC)CC(C(=O)OC)(C(=O)OC)C1)C(=O)OCC. The third-order valence-electron chi connectivity index (χ3n) is 4.48. The molecule has 0 atom stereocenters. The molecular weight excluding hydrogens is 384 g/mol. The molecule has 0 N–H and O–H groups in total. The summed E-state index contributed by atoms with van der Waals surface area (Å²) in [5, 5.41) is 0. The van der Waals surface area contributed by atoms with Gasteiger partial charge in [-0.25, -0.2) is 9.59 Å². The van der Waals surface area contributed by atoms with Gasteiger partial charge in [-0.05, 0) is 31.9 Å². The van der Waals surface area contributed by atoms with E-state index < -0.39 is 34.9 Å². The minimum absolute atomic E-state index is 0.0175. The molecule has 9 nitrogen and oxygen atoms in total. The number of carbonyl (C=O) groups excluding carboxylic acids is 5. The van der Waals surface area contributed by atoms with Crippen LogP contribution in [0.1, 0.15) is 40.0 Å². The molecule has 0 aromatic carbocycles. The Labute approximate surface area is 169 Å². The van der Waals surface area contributed by atoms with Crippen LogP contribution in [0.25, 0.3) is 0 Å². The van der Waals surface area contributed by atoms with Gasteiger partial charge in [0.05, 0.1) is 27.4 Å². The Morgan fingerprint density at radius 2 is 1.34 bits per heavy atom. The van der Waals surface area contributed by atoms with Crippen molar-refractivity contribution in [2.75, 3.05) is 27.4 Å². The van der Waals surface area contributed by atoms with Gasteiger partial charge < -0.3 is 18.9 Å². The first-order valence-corrected chi connectivity index (χ1v) is 9.20. The van der Waals surface area contributed by atoms with Crippen LogP contribution in [0.5, 0.6) is 0 Å². The number of ether oxygens (including phenoxy) is 4. The molecule has 0 saturated heterocycles. The third-order valence-corrected chi connectivity index (χ3v) is 4.48. The van der Waals surface area contributed by atoms with Gasteiger partial charge >= 0.3 is 23.9 Å². The molecule has 0 aromatic rings. The third kappa shape index (κ3) is 5.10. The fourth-order valence-electron chi connectivity index (χ4n) is 3.09. The lowest BCUT2D eigenvalue weighted by atomic mass is 9.83. The van der Waals surface area contributed by atoms with Crippen LogP contribution in [0.2, 0.25) is 0 Å². The molecule has 160 valence electrons. The van der Waals surface area contributed by atoms with Crippen LogP contribution in [-0.4, -0.2) is 57.1 Å². The molecular formula is C20H26O9. The Bertz CT molecular complexity index is 722. The van der Waals surface area contributed by atoms with E-state index in [2.05, 4.69) is 0 Å². The van der Waals surface area contributed by atoms with Gasteiger partial charge in [-0.3, -0.25) is 14.4 Å². The van der Waals surface area contributed by atoms with Crippen LogP contribution in [0, 0.1) is 5.41 Å². The van der Waals surface area contributed by atoms with Gasteiger partial charge in [-0.1, -0.05) is 6.92 Å². The summed E-state index contributed by atoms with van der Waals surface area (Å²) >= 11 is 0. The predicted octanol–water partition coefficient (Wildman–Crippen LogP) is 1.44. The van der Waals surface area contributed by atoms with E-state index in [9.17, 15) is 24.0 Å². The number of hydrogen-bond donors (Lipinski definition) is 0. The number of hydrogen-bond acceptors (Lipinski definition) is 9. The molecule has 1 rings (SSSR count). The summed E-state index contributed by atoms with van der Waals surface area (Å²) in [6, 6.07) is 0. The van der Waals surface area contributed by atoms with Gasteiger partial charge in [0, 0.05) is 18.4 Å². The Hall–Kier alpha value is -2.97. The fraction of sp³-hybridized carbons (Fsp3) is 0.550. The minimum atomic E-state index is -1.77. The molecule has 0 aliphatic heterocycles. The molecule has 0 fully saturated rings. The molecule has 0 amide bonds. The lowest BCUT2D eigenvalue weighted by Crippen LogP contribution is -2.39. The molecule has 0 bridgehead atoms. The zero-order valence-corrected chi connectivity index (χ0v) is 17.3. The first kappa shape index (κ1) is 24.1. The van der Waals surface area contributed by atoms with Crippen molar-refractivity contribution in [3.8, 4) is 0 Å². The predicted molar refractivity (Wildman–Crippen MR) is 99.4 cm³/mol. The Morgan fingerprint density at radius 1 is 0.862 bits per heavy atom. The Kier molecular flexibility index (Phi) is 8.75. The van der Waals surface area contributed by atoms with E-state index >= 15 is 0 Å². The number of carbonyl (C=O) groups is 5. The second-order valence-corrected chi connectivity index (χ2v) is 6.20. The average Bonchev–Trinajstić information content (AvgIpc) is 3.11. The average molecular weight is 410 g/mol. The number of methoxy groups -OCH3 is 2.